The summed E-state index contributed by atoms with van der Waals surface area (Å²) in [5.74, 6) is -4.08. The van der Waals surface area contributed by atoms with Gasteiger partial charge in [-0.05, 0) is 18.2 Å². The van der Waals surface area contributed by atoms with Crippen molar-refractivity contribution in [2.75, 3.05) is 10.7 Å². The lowest BCUT2D eigenvalue weighted by Crippen LogP contribution is -2.30. The molecule has 158 valence electrons. The number of amides is 1. The van der Waals surface area contributed by atoms with Crippen molar-refractivity contribution >= 4 is 34.6 Å². The Morgan fingerprint density at radius 1 is 0.935 bits per heavy atom. The number of anilines is 3. The number of benzene rings is 2. The summed E-state index contributed by atoms with van der Waals surface area (Å²) < 4.78 is 26.5. The van der Waals surface area contributed by atoms with Crippen molar-refractivity contribution in [1.82, 2.24) is 15.4 Å². The van der Waals surface area contributed by atoms with Gasteiger partial charge in [-0.2, -0.15) is 0 Å². The molecule has 0 aliphatic heterocycles. The molecule has 2 aromatic carbocycles. The Labute approximate surface area is 171 Å². The smallest absolute Gasteiger partial charge is 0.334 e. The van der Waals surface area contributed by atoms with Crippen LogP contribution in [0.2, 0.25) is 0 Å². The van der Waals surface area contributed by atoms with Crippen molar-refractivity contribution < 1.29 is 23.4 Å². The normalized spacial score (nSPS) is 10.3. The predicted octanol–water partition coefficient (Wildman–Crippen LogP) is 3.07. The van der Waals surface area contributed by atoms with E-state index in [9.17, 15) is 33.8 Å². The zero-order valence-corrected chi connectivity index (χ0v) is 15.2. The van der Waals surface area contributed by atoms with Crippen LogP contribution in [-0.2, 0) is 0 Å². The van der Waals surface area contributed by atoms with E-state index in [0.29, 0.717) is 0 Å². The highest BCUT2D eigenvalue weighted by atomic mass is 19.2. The van der Waals surface area contributed by atoms with Crippen LogP contribution in [0.1, 0.15) is 10.4 Å². The fourth-order valence-electron chi connectivity index (χ4n) is 2.45. The first-order chi connectivity index (χ1) is 14.8. The van der Waals surface area contributed by atoms with E-state index in [4.69, 9.17) is 0 Å². The minimum atomic E-state index is -1.18. The van der Waals surface area contributed by atoms with E-state index in [1.54, 1.807) is 0 Å². The van der Waals surface area contributed by atoms with E-state index in [-0.39, 0.29) is 17.1 Å². The van der Waals surface area contributed by atoms with Gasteiger partial charge >= 0.3 is 5.69 Å². The van der Waals surface area contributed by atoms with Gasteiger partial charge in [-0.3, -0.25) is 35.9 Å². The van der Waals surface area contributed by atoms with Crippen LogP contribution in [-0.4, -0.2) is 25.7 Å². The summed E-state index contributed by atoms with van der Waals surface area (Å²) in [6, 6.07) is 7.80. The van der Waals surface area contributed by atoms with Crippen molar-refractivity contribution in [2.45, 2.75) is 0 Å². The van der Waals surface area contributed by atoms with E-state index >= 15 is 0 Å². The van der Waals surface area contributed by atoms with Gasteiger partial charge in [0.2, 0.25) is 11.6 Å². The zero-order chi connectivity index (χ0) is 22.5. The molecular formula is C17H11F2N7O5. The Bertz CT molecular complexity index is 1190. The number of nitrogens with zero attached hydrogens (tertiary/aromatic N) is 4. The van der Waals surface area contributed by atoms with Crippen LogP contribution in [0.3, 0.4) is 0 Å². The van der Waals surface area contributed by atoms with Gasteiger partial charge in [-0.25, -0.2) is 18.7 Å². The minimum absolute atomic E-state index is 0.0319. The average Bonchev–Trinajstić information content (AvgIpc) is 2.74. The highest BCUT2D eigenvalue weighted by Gasteiger charge is 2.25. The summed E-state index contributed by atoms with van der Waals surface area (Å²) in [4.78, 5) is 40.6. The predicted molar refractivity (Wildman–Crippen MR) is 103 cm³/mol. The van der Waals surface area contributed by atoms with Crippen molar-refractivity contribution in [3.8, 4) is 0 Å². The quantitative estimate of drug-likeness (QED) is 0.376. The highest BCUT2D eigenvalue weighted by molar-refractivity contribution is 5.98. The van der Waals surface area contributed by atoms with Crippen LogP contribution in [0.25, 0.3) is 0 Å². The summed E-state index contributed by atoms with van der Waals surface area (Å²) in [6.07, 6.45) is 0.911. The number of aromatic nitrogens is 2. The third-order valence-corrected chi connectivity index (χ3v) is 3.83. The Kier molecular flexibility index (Phi) is 5.90. The van der Waals surface area contributed by atoms with Gasteiger partial charge < -0.3 is 5.32 Å². The Balaban J connectivity index is 1.86. The van der Waals surface area contributed by atoms with Gasteiger partial charge in [-0.1, -0.05) is 12.1 Å². The Morgan fingerprint density at radius 2 is 1.65 bits per heavy atom. The third kappa shape index (κ3) is 4.64. The molecule has 0 aliphatic rings. The second kappa shape index (κ2) is 8.73. The van der Waals surface area contributed by atoms with E-state index in [2.05, 4.69) is 26.1 Å². The molecule has 3 N–H and O–H groups in total. The number of hydrazine groups is 1. The second-order valence-electron chi connectivity index (χ2n) is 5.78. The maximum absolute atomic E-state index is 13.4. The summed E-state index contributed by atoms with van der Waals surface area (Å²) in [5.41, 5.74) is 2.78. The van der Waals surface area contributed by atoms with Gasteiger partial charge in [0.15, 0.2) is 11.6 Å². The first-order valence-electron chi connectivity index (χ1n) is 8.29. The number of hydrogen-bond acceptors (Lipinski definition) is 9. The van der Waals surface area contributed by atoms with Crippen molar-refractivity contribution in [3.63, 3.8) is 0 Å². The first-order valence-corrected chi connectivity index (χ1v) is 8.29. The molecule has 0 bridgehead atoms. The van der Waals surface area contributed by atoms with Crippen molar-refractivity contribution in [3.05, 3.63) is 86.2 Å². The molecule has 0 saturated heterocycles. The van der Waals surface area contributed by atoms with E-state index in [0.717, 1.165) is 30.6 Å². The molecule has 0 saturated carbocycles. The van der Waals surface area contributed by atoms with Crippen LogP contribution in [0.4, 0.5) is 37.5 Å². The molecule has 12 nitrogen and oxygen atoms in total. The standard InChI is InChI=1S/C17H11F2N7O5/c18-11-6-5-9(7-12(11)19)22-15-14(26(30)31)16(21-8-20-15)23-24-17(27)10-3-1-2-4-13(10)25(28)29/h1-8H,(H,24,27)(H2,20,21,22,23). The second-order valence-corrected chi connectivity index (χ2v) is 5.78. The molecule has 14 heteroatoms. The number of nitrogens with one attached hydrogen (secondary N) is 3. The van der Waals surface area contributed by atoms with Crippen LogP contribution in [0, 0.1) is 31.9 Å². The molecule has 0 fully saturated rings. The van der Waals surface area contributed by atoms with Gasteiger partial charge in [-0.15, -0.1) is 0 Å². The number of halogens is 2. The molecule has 0 atom stereocenters. The molecule has 1 aromatic heterocycles. The molecule has 1 amide bonds. The molecule has 1 heterocycles. The largest absolute Gasteiger partial charge is 0.355 e. The fraction of sp³-hybridized carbons (Fsp3) is 0. The molecule has 3 aromatic rings. The van der Waals surface area contributed by atoms with Crippen LogP contribution in [0.5, 0.6) is 0 Å². The maximum atomic E-state index is 13.4. The number of rotatable bonds is 7. The fourth-order valence-corrected chi connectivity index (χ4v) is 2.45. The van der Waals surface area contributed by atoms with E-state index in [1.165, 1.54) is 18.2 Å². The van der Waals surface area contributed by atoms with Crippen molar-refractivity contribution in [1.29, 1.82) is 0 Å². The minimum Gasteiger partial charge on any atom is -0.334 e. The number of para-hydroxylation sites is 1. The summed E-state index contributed by atoms with van der Waals surface area (Å²) in [7, 11) is 0. The Hall–Kier alpha value is -4.75. The van der Waals surface area contributed by atoms with E-state index in [1.807, 2.05) is 0 Å². The summed E-state index contributed by atoms with van der Waals surface area (Å²) >= 11 is 0. The average molecular weight is 431 g/mol. The third-order valence-electron chi connectivity index (χ3n) is 3.83. The zero-order valence-electron chi connectivity index (χ0n) is 15.2. The highest BCUT2D eigenvalue weighted by Crippen LogP contribution is 2.31. The lowest BCUT2D eigenvalue weighted by atomic mass is 10.2. The molecule has 0 aliphatic carbocycles. The lowest BCUT2D eigenvalue weighted by Gasteiger charge is -2.11. The molecule has 3 rings (SSSR count). The number of nitro groups is 2. The molecule has 0 radical (unpaired) electrons. The SMILES string of the molecule is O=C(NNc1ncnc(Nc2ccc(F)c(F)c2)c1[N+](=O)[O-])c1ccccc1[N+](=O)[O-]. The topological polar surface area (TPSA) is 165 Å². The number of nitro benzene ring substituents is 1. The van der Waals surface area contributed by atoms with Crippen molar-refractivity contribution in [2.24, 2.45) is 0 Å². The van der Waals surface area contributed by atoms with Gasteiger partial charge in [0.05, 0.1) is 9.85 Å². The van der Waals surface area contributed by atoms with Crippen LogP contribution >= 0.6 is 0 Å². The number of carbonyl (C=O) groups is 1. The number of hydrogen-bond donors (Lipinski definition) is 3. The molecule has 0 spiro atoms. The van der Waals surface area contributed by atoms with Crippen LogP contribution in [0.15, 0.2) is 48.8 Å². The summed E-state index contributed by atoms with van der Waals surface area (Å²) in [5, 5.41) is 25.0. The molecular weight excluding hydrogens is 420 g/mol. The molecule has 0 unspecified atom stereocenters. The lowest BCUT2D eigenvalue weighted by molar-refractivity contribution is -0.385. The van der Waals surface area contributed by atoms with Gasteiger partial charge in [0.1, 0.15) is 11.9 Å². The maximum Gasteiger partial charge on any atom is 0.355 e. The summed E-state index contributed by atoms with van der Waals surface area (Å²) in [6.45, 7) is 0. The van der Waals surface area contributed by atoms with Crippen LogP contribution < -0.4 is 16.2 Å². The Morgan fingerprint density at radius 3 is 2.32 bits per heavy atom. The molecule has 31 heavy (non-hydrogen) atoms. The van der Waals surface area contributed by atoms with Gasteiger partial charge in [0, 0.05) is 17.8 Å². The monoisotopic (exact) mass is 431 g/mol. The van der Waals surface area contributed by atoms with E-state index < -0.39 is 44.6 Å². The first kappa shape index (κ1) is 21.0. The number of carbonyl (C=O) groups excluding carboxylic acids is 1. The van der Waals surface area contributed by atoms with Gasteiger partial charge in [0.25, 0.3) is 11.6 Å².